The lowest BCUT2D eigenvalue weighted by atomic mass is 10.0. The second-order valence-electron chi connectivity index (χ2n) is 3.34. The number of rotatable bonds is 6. The Hall–Kier alpha value is -0.960. The molecule has 13 heavy (non-hydrogen) atoms. The summed E-state index contributed by atoms with van der Waals surface area (Å²) in [6.07, 6.45) is 10.9. The van der Waals surface area contributed by atoms with Gasteiger partial charge in [-0.25, -0.2) is 0 Å². The number of hydrogen-bond acceptors (Lipinski definition) is 0. The van der Waals surface area contributed by atoms with E-state index >= 15 is 0 Å². The minimum absolute atomic E-state index is 0.758. The third-order valence-corrected chi connectivity index (χ3v) is 1.99. The van der Waals surface area contributed by atoms with Gasteiger partial charge in [0.25, 0.3) is 0 Å². The standard InChI is InChI=1S/C13H20/c1-4-6-8-9-10-12-13(3)11-7-5-2/h4,7-8,13H,2,9-12H2,1,3H3. The van der Waals surface area contributed by atoms with E-state index in [2.05, 4.69) is 31.0 Å². The topological polar surface area (TPSA) is 0 Å². The molecule has 0 saturated heterocycles. The van der Waals surface area contributed by atoms with Crippen molar-refractivity contribution in [3.8, 4) is 0 Å². The van der Waals surface area contributed by atoms with Crippen molar-refractivity contribution in [3.63, 3.8) is 0 Å². The Bertz CT molecular complexity index is 210. The summed E-state index contributed by atoms with van der Waals surface area (Å²) in [6.45, 7) is 7.82. The van der Waals surface area contributed by atoms with Gasteiger partial charge in [0.2, 0.25) is 0 Å². The molecule has 0 spiro atoms. The molecular formula is C13H20. The molecule has 72 valence electrons. The number of hydrogen-bond donors (Lipinski definition) is 0. The van der Waals surface area contributed by atoms with Crippen molar-refractivity contribution < 1.29 is 0 Å². The van der Waals surface area contributed by atoms with Gasteiger partial charge in [-0.05, 0) is 50.3 Å². The van der Waals surface area contributed by atoms with Crippen LogP contribution in [0.1, 0.15) is 39.5 Å². The fourth-order valence-corrected chi connectivity index (χ4v) is 1.17. The molecule has 1 atom stereocenters. The predicted molar refractivity (Wildman–Crippen MR) is 59.7 cm³/mol. The Morgan fingerprint density at radius 2 is 2.15 bits per heavy atom. The lowest BCUT2D eigenvalue weighted by Crippen LogP contribution is -1.91. The Morgan fingerprint density at radius 1 is 1.38 bits per heavy atom. The minimum atomic E-state index is 0.758. The van der Waals surface area contributed by atoms with Crippen molar-refractivity contribution in [1.82, 2.24) is 0 Å². The van der Waals surface area contributed by atoms with Crippen molar-refractivity contribution in [3.05, 3.63) is 36.3 Å². The molecule has 1 unspecified atom stereocenters. The second kappa shape index (κ2) is 9.13. The Morgan fingerprint density at radius 3 is 2.77 bits per heavy atom. The van der Waals surface area contributed by atoms with Gasteiger partial charge in [-0.2, -0.15) is 0 Å². The van der Waals surface area contributed by atoms with E-state index in [0.717, 1.165) is 18.8 Å². The number of allylic oxidation sites excluding steroid dienone is 2. The third-order valence-electron chi connectivity index (χ3n) is 1.99. The molecule has 0 nitrogen and oxygen atoms in total. The SMILES string of the molecule is C=C=CCC(C)CCCC=C=CC. The summed E-state index contributed by atoms with van der Waals surface area (Å²) in [6, 6.07) is 0. The summed E-state index contributed by atoms with van der Waals surface area (Å²) in [5.41, 5.74) is 5.89. The highest BCUT2D eigenvalue weighted by Gasteiger charge is 1.97. The van der Waals surface area contributed by atoms with Crippen molar-refractivity contribution in [1.29, 1.82) is 0 Å². The van der Waals surface area contributed by atoms with Crippen LogP contribution in [0.5, 0.6) is 0 Å². The van der Waals surface area contributed by atoms with Gasteiger partial charge >= 0.3 is 0 Å². The largest absolute Gasteiger partial charge is 0.133 e. The fraction of sp³-hybridized carbons (Fsp3) is 0.538. The highest BCUT2D eigenvalue weighted by molar-refractivity contribution is 4.82. The zero-order valence-corrected chi connectivity index (χ0v) is 8.84. The molecule has 0 radical (unpaired) electrons. The first-order valence-corrected chi connectivity index (χ1v) is 5.01. The Balaban J connectivity index is 3.41. The molecule has 0 aromatic carbocycles. The molecule has 0 N–H and O–H groups in total. The second-order valence-corrected chi connectivity index (χ2v) is 3.34. The third kappa shape index (κ3) is 8.95. The van der Waals surface area contributed by atoms with Crippen LogP contribution in [0.15, 0.2) is 36.3 Å². The van der Waals surface area contributed by atoms with Crippen LogP contribution in [0, 0.1) is 5.92 Å². The fourth-order valence-electron chi connectivity index (χ4n) is 1.17. The first-order valence-electron chi connectivity index (χ1n) is 5.01. The molecule has 0 aromatic rings. The van der Waals surface area contributed by atoms with Gasteiger partial charge in [0.05, 0.1) is 0 Å². The van der Waals surface area contributed by atoms with E-state index in [1.54, 1.807) is 0 Å². The van der Waals surface area contributed by atoms with Crippen LogP contribution in [0.4, 0.5) is 0 Å². The van der Waals surface area contributed by atoms with E-state index in [1.165, 1.54) is 12.8 Å². The predicted octanol–water partition coefficient (Wildman–Crippen LogP) is 4.26. The van der Waals surface area contributed by atoms with Crippen molar-refractivity contribution in [2.75, 3.05) is 0 Å². The maximum Gasteiger partial charge on any atom is -0.0249 e. The summed E-state index contributed by atoms with van der Waals surface area (Å²) in [5, 5.41) is 0. The van der Waals surface area contributed by atoms with Crippen LogP contribution in [-0.4, -0.2) is 0 Å². The summed E-state index contributed by atoms with van der Waals surface area (Å²) in [4.78, 5) is 0. The average Bonchev–Trinajstić information content (AvgIpc) is 2.14. The van der Waals surface area contributed by atoms with Crippen LogP contribution in [0.3, 0.4) is 0 Å². The highest BCUT2D eigenvalue weighted by atomic mass is 14.0. The van der Waals surface area contributed by atoms with Gasteiger partial charge in [-0.1, -0.05) is 19.9 Å². The van der Waals surface area contributed by atoms with Gasteiger partial charge in [-0.3, -0.25) is 0 Å². The van der Waals surface area contributed by atoms with Crippen molar-refractivity contribution >= 4 is 0 Å². The quantitative estimate of drug-likeness (QED) is 0.419. The molecule has 0 rings (SSSR count). The molecule has 0 amide bonds. The normalized spacial score (nSPS) is 10.9. The smallest absolute Gasteiger partial charge is 0.0249 e. The Kier molecular flexibility index (Phi) is 8.46. The van der Waals surface area contributed by atoms with E-state index in [0.29, 0.717) is 0 Å². The van der Waals surface area contributed by atoms with Gasteiger partial charge < -0.3 is 0 Å². The van der Waals surface area contributed by atoms with Gasteiger partial charge in [-0.15, -0.1) is 11.5 Å². The summed E-state index contributed by atoms with van der Waals surface area (Å²) >= 11 is 0. The first-order chi connectivity index (χ1) is 6.31. The zero-order chi connectivity index (χ0) is 9.94. The Labute approximate surface area is 82.4 Å². The maximum atomic E-state index is 3.55. The molecule has 0 aromatic heterocycles. The van der Waals surface area contributed by atoms with E-state index in [1.807, 2.05) is 19.1 Å². The van der Waals surface area contributed by atoms with Crippen molar-refractivity contribution in [2.24, 2.45) is 5.92 Å². The van der Waals surface area contributed by atoms with E-state index < -0.39 is 0 Å². The summed E-state index contributed by atoms with van der Waals surface area (Å²) < 4.78 is 0. The van der Waals surface area contributed by atoms with E-state index in [9.17, 15) is 0 Å². The lowest BCUT2D eigenvalue weighted by Gasteiger charge is -2.05. The molecule has 0 aliphatic rings. The van der Waals surface area contributed by atoms with E-state index in [-0.39, 0.29) is 0 Å². The molecule has 0 fully saturated rings. The van der Waals surface area contributed by atoms with Crippen molar-refractivity contribution in [2.45, 2.75) is 39.5 Å². The first kappa shape index (κ1) is 12.0. The van der Waals surface area contributed by atoms with Gasteiger partial charge in [0.1, 0.15) is 0 Å². The molecular weight excluding hydrogens is 156 g/mol. The summed E-state index contributed by atoms with van der Waals surface area (Å²) in [7, 11) is 0. The zero-order valence-electron chi connectivity index (χ0n) is 8.84. The monoisotopic (exact) mass is 176 g/mol. The average molecular weight is 176 g/mol. The summed E-state index contributed by atoms with van der Waals surface area (Å²) in [5.74, 6) is 0.758. The van der Waals surface area contributed by atoms with Crippen LogP contribution < -0.4 is 0 Å². The molecule has 0 saturated carbocycles. The maximum absolute atomic E-state index is 3.55. The van der Waals surface area contributed by atoms with Crippen LogP contribution in [0.2, 0.25) is 0 Å². The molecule has 0 heterocycles. The highest BCUT2D eigenvalue weighted by Crippen LogP contribution is 2.12. The molecule has 0 heteroatoms. The van der Waals surface area contributed by atoms with Crippen LogP contribution >= 0.6 is 0 Å². The van der Waals surface area contributed by atoms with Crippen LogP contribution in [0.25, 0.3) is 0 Å². The molecule has 0 aliphatic heterocycles. The van der Waals surface area contributed by atoms with Gasteiger partial charge in [0, 0.05) is 0 Å². The molecule has 0 aliphatic carbocycles. The van der Waals surface area contributed by atoms with Crippen LogP contribution in [-0.2, 0) is 0 Å². The number of unbranched alkanes of at least 4 members (excludes halogenated alkanes) is 1. The lowest BCUT2D eigenvalue weighted by molar-refractivity contribution is 0.520. The van der Waals surface area contributed by atoms with Gasteiger partial charge in [0.15, 0.2) is 0 Å². The minimum Gasteiger partial charge on any atom is -0.133 e. The van der Waals surface area contributed by atoms with E-state index in [4.69, 9.17) is 0 Å². The molecule has 0 bridgehead atoms.